The van der Waals surface area contributed by atoms with Crippen LogP contribution in [0.25, 0.3) is 11.5 Å². The average molecular weight is 313 g/mol. The van der Waals surface area contributed by atoms with E-state index < -0.39 is 5.54 Å². The number of nitriles is 1. The fourth-order valence-electron chi connectivity index (χ4n) is 2.04. The van der Waals surface area contributed by atoms with Crippen molar-refractivity contribution in [3.63, 3.8) is 0 Å². The number of benzene rings is 1. The molecule has 0 radical (unpaired) electrons. The second kappa shape index (κ2) is 6.53. The highest BCUT2D eigenvalue weighted by molar-refractivity contribution is 5.79. The van der Waals surface area contributed by atoms with Gasteiger partial charge in [-0.2, -0.15) is 5.26 Å². The third-order valence-electron chi connectivity index (χ3n) is 3.27. The van der Waals surface area contributed by atoms with Crippen LogP contribution in [0.4, 0.5) is 0 Å². The molecule has 0 saturated carbocycles. The van der Waals surface area contributed by atoms with Crippen LogP contribution >= 0.6 is 0 Å². The molecule has 1 amide bonds. The first-order chi connectivity index (χ1) is 10.8. The summed E-state index contributed by atoms with van der Waals surface area (Å²) in [4.78, 5) is 16.4. The Bertz CT molecular complexity index is 757. The largest absolute Gasteiger partial charge is 0.497 e. The van der Waals surface area contributed by atoms with Gasteiger partial charge in [0.1, 0.15) is 17.0 Å². The Morgan fingerprint density at radius 1 is 1.48 bits per heavy atom. The summed E-state index contributed by atoms with van der Waals surface area (Å²) < 4.78 is 10.8. The molecular formula is C17H19N3O3. The van der Waals surface area contributed by atoms with Gasteiger partial charge in [-0.1, -0.05) is 6.07 Å². The van der Waals surface area contributed by atoms with E-state index in [4.69, 9.17) is 14.4 Å². The highest BCUT2D eigenvalue weighted by Crippen LogP contribution is 2.25. The van der Waals surface area contributed by atoms with Gasteiger partial charge in [0, 0.05) is 5.56 Å². The zero-order chi connectivity index (χ0) is 17.0. The van der Waals surface area contributed by atoms with E-state index in [9.17, 15) is 4.79 Å². The molecule has 2 aromatic rings. The first kappa shape index (κ1) is 16.6. The molecule has 2 rings (SSSR count). The fraction of sp³-hybridized carbons (Fsp3) is 0.353. The van der Waals surface area contributed by atoms with Crippen LogP contribution in [0.5, 0.6) is 5.75 Å². The molecule has 1 N–H and O–H groups in total. The first-order valence-corrected chi connectivity index (χ1v) is 7.17. The number of rotatable bonds is 5. The van der Waals surface area contributed by atoms with Gasteiger partial charge >= 0.3 is 0 Å². The lowest BCUT2D eigenvalue weighted by Gasteiger charge is -2.16. The number of nitrogens with one attached hydrogen (secondary N) is 1. The normalized spacial score (nSPS) is 10.9. The van der Waals surface area contributed by atoms with Crippen molar-refractivity contribution >= 4 is 5.91 Å². The molecule has 6 heteroatoms. The van der Waals surface area contributed by atoms with Crippen molar-refractivity contribution in [2.24, 2.45) is 0 Å². The van der Waals surface area contributed by atoms with Crippen molar-refractivity contribution in [3.8, 4) is 23.3 Å². The van der Waals surface area contributed by atoms with Crippen molar-refractivity contribution in [2.45, 2.75) is 32.7 Å². The van der Waals surface area contributed by atoms with Gasteiger partial charge in [-0.15, -0.1) is 0 Å². The summed E-state index contributed by atoms with van der Waals surface area (Å²) >= 11 is 0. The van der Waals surface area contributed by atoms with Gasteiger partial charge in [0.15, 0.2) is 0 Å². The molecular weight excluding hydrogens is 294 g/mol. The standard InChI is InChI=1S/C17H19N3O3/c1-11-14(9-15(21)20-17(2,3)10-18)19-16(23-11)12-6-5-7-13(8-12)22-4/h5-8H,9H2,1-4H3,(H,20,21). The van der Waals surface area contributed by atoms with Crippen molar-refractivity contribution < 1.29 is 13.9 Å². The SMILES string of the molecule is COc1cccc(-c2nc(CC(=O)NC(C)(C)C#N)c(C)o2)c1. The lowest BCUT2D eigenvalue weighted by Crippen LogP contribution is -2.42. The van der Waals surface area contributed by atoms with E-state index in [-0.39, 0.29) is 12.3 Å². The number of nitrogens with zero attached hydrogens (tertiary/aromatic N) is 2. The van der Waals surface area contributed by atoms with Crippen LogP contribution in [0, 0.1) is 18.3 Å². The fourth-order valence-corrected chi connectivity index (χ4v) is 2.04. The molecule has 1 aromatic heterocycles. The molecule has 23 heavy (non-hydrogen) atoms. The summed E-state index contributed by atoms with van der Waals surface area (Å²) in [5.41, 5.74) is 0.412. The minimum atomic E-state index is -0.912. The zero-order valence-corrected chi connectivity index (χ0v) is 13.6. The number of hydrogen-bond donors (Lipinski definition) is 1. The number of amides is 1. The minimum Gasteiger partial charge on any atom is -0.497 e. The van der Waals surface area contributed by atoms with E-state index in [1.54, 1.807) is 27.9 Å². The van der Waals surface area contributed by atoms with Crippen molar-refractivity contribution in [1.82, 2.24) is 10.3 Å². The summed E-state index contributed by atoms with van der Waals surface area (Å²) in [6, 6.07) is 9.37. The third kappa shape index (κ3) is 4.10. The van der Waals surface area contributed by atoms with E-state index in [0.29, 0.717) is 23.1 Å². The summed E-state index contributed by atoms with van der Waals surface area (Å²) in [7, 11) is 1.59. The number of carbonyl (C=O) groups is 1. The second-order valence-electron chi connectivity index (χ2n) is 5.72. The van der Waals surface area contributed by atoms with Crippen LogP contribution in [0.3, 0.4) is 0 Å². The highest BCUT2D eigenvalue weighted by Gasteiger charge is 2.21. The predicted octanol–water partition coefficient (Wildman–Crippen LogP) is 2.62. The van der Waals surface area contributed by atoms with E-state index in [1.165, 1.54) is 0 Å². The van der Waals surface area contributed by atoms with Crippen LogP contribution in [-0.2, 0) is 11.2 Å². The number of carbonyl (C=O) groups excluding carboxylic acids is 1. The minimum absolute atomic E-state index is 0.0599. The van der Waals surface area contributed by atoms with E-state index in [2.05, 4.69) is 10.3 Å². The number of oxazole rings is 1. The summed E-state index contributed by atoms with van der Waals surface area (Å²) in [5.74, 6) is 1.44. The summed E-state index contributed by atoms with van der Waals surface area (Å²) in [5, 5.41) is 11.6. The molecule has 1 aromatic carbocycles. The molecule has 1 heterocycles. The van der Waals surface area contributed by atoms with E-state index >= 15 is 0 Å². The van der Waals surface area contributed by atoms with Crippen LogP contribution in [0.2, 0.25) is 0 Å². The van der Waals surface area contributed by atoms with Crippen molar-refractivity contribution in [2.75, 3.05) is 7.11 Å². The monoisotopic (exact) mass is 313 g/mol. The Morgan fingerprint density at radius 3 is 2.87 bits per heavy atom. The summed E-state index contributed by atoms with van der Waals surface area (Å²) in [6.45, 7) is 5.04. The Hall–Kier alpha value is -2.81. The molecule has 0 bridgehead atoms. The quantitative estimate of drug-likeness (QED) is 0.916. The maximum Gasteiger partial charge on any atom is 0.227 e. The molecule has 0 aliphatic carbocycles. The molecule has 0 saturated heterocycles. The smallest absolute Gasteiger partial charge is 0.227 e. The third-order valence-corrected chi connectivity index (χ3v) is 3.27. The molecule has 0 unspecified atom stereocenters. The van der Waals surface area contributed by atoms with Crippen LogP contribution < -0.4 is 10.1 Å². The topological polar surface area (TPSA) is 88.1 Å². The van der Waals surface area contributed by atoms with Crippen LogP contribution in [-0.4, -0.2) is 23.5 Å². The van der Waals surface area contributed by atoms with Gasteiger partial charge < -0.3 is 14.5 Å². The molecule has 0 fully saturated rings. The van der Waals surface area contributed by atoms with E-state index in [0.717, 1.165) is 5.56 Å². The van der Waals surface area contributed by atoms with Gasteiger partial charge in [0.05, 0.1) is 25.3 Å². The Labute approximate surface area is 135 Å². The zero-order valence-electron chi connectivity index (χ0n) is 13.6. The van der Waals surface area contributed by atoms with Gasteiger partial charge in [0.25, 0.3) is 0 Å². The molecule has 120 valence electrons. The van der Waals surface area contributed by atoms with Crippen molar-refractivity contribution in [1.29, 1.82) is 5.26 Å². The van der Waals surface area contributed by atoms with Gasteiger partial charge in [-0.3, -0.25) is 4.79 Å². The number of aromatic nitrogens is 1. The molecule has 0 atom stereocenters. The maximum atomic E-state index is 12.0. The Morgan fingerprint density at radius 2 is 2.22 bits per heavy atom. The van der Waals surface area contributed by atoms with E-state index in [1.807, 2.05) is 30.3 Å². The molecule has 0 spiro atoms. The van der Waals surface area contributed by atoms with Gasteiger partial charge in [0.2, 0.25) is 11.8 Å². The maximum absolute atomic E-state index is 12.0. The van der Waals surface area contributed by atoms with Crippen LogP contribution in [0.15, 0.2) is 28.7 Å². The first-order valence-electron chi connectivity index (χ1n) is 7.17. The number of ether oxygens (including phenoxy) is 1. The highest BCUT2D eigenvalue weighted by atomic mass is 16.5. The van der Waals surface area contributed by atoms with Gasteiger partial charge in [-0.25, -0.2) is 4.98 Å². The van der Waals surface area contributed by atoms with Gasteiger partial charge in [-0.05, 0) is 39.0 Å². The molecule has 0 aliphatic heterocycles. The average Bonchev–Trinajstić information content (AvgIpc) is 2.88. The lowest BCUT2D eigenvalue weighted by atomic mass is 10.1. The van der Waals surface area contributed by atoms with Crippen molar-refractivity contribution in [3.05, 3.63) is 35.7 Å². The predicted molar refractivity (Wildman–Crippen MR) is 84.8 cm³/mol. The number of aryl methyl sites for hydroxylation is 1. The molecule has 0 aliphatic rings. The Balaban J connectivity index is 2.18. The summed E-state index contributed by atoms with van der Waals surface area (Å²) in [6.07, 6.45) is 0.0599. The Kier molecular flexibility index (Phi) is 4.70. The second-order valence-corrected chi connectivity index (χ2v) is 5.72. The lowest BCUT2D eigenvalue weighted by molar-refractivity contribution is -0.121. The number of hydrogen-bond acceptors (Lipinski definition) is 5. The van der Waals surface area contributed by atoms with Crippen LogP contribution in [0.1, 0.15) is 25.3 Å². The molecule has 6 nitrogen and oxygen atoms in total. The number of methoxy groups -OCH3 is 1.